The Bertz CT molecular complexity index is 1020. The van der Waals surface area contributed by atoms with Gasteiger partial charge in [-0.3, -0.25) is 14.7 Å². The monoisotopic (exact) mass is 428 g/mol. The minimum absolute atomic E-state index is 0.0311. The van der Waals surface area contributed by atoms with Gasteiger partial charge in [0.1, 0.15) is 5.76 Å². The summed E-state index contributed by atoms with van der Waals surface area (Å²) in [4.78, 5) is 29.5. The van der Waals surface area contributed by atoms with Crippen LogP contribution in [0.1, 0.15) is 28.6 Å². The van der Waals surface area contributed by atoms with Crippen LogP contribution in [0.15, 0.2) is 23.8 Å². The number of aromatic nitrogens is 2. The lowest BCUT2D eigenvalue weighted by Gasteiger charge is -2.27. The highest BCUT2D eigenvalue weighted by Gasteiger charge is 2.46. The molecule has 0 saturated carbocycles. The van der Waals surface area contributed by atoms with Gasteiger partial charge in [0.15, 0.2) is 11.5 Å². The number of hydrogen-bond donors (Lipinski definition) is 2. The molecule has 0 bridgehead atoms. The number of likely N-dealkylation sites (N-methyl/N-ethyl adjacent to an activating group) is 1. The first kappa shape index (κ1) is 22.4. The van der Waals surface area contributed by atoms with E-state index in [1.54, 1.807) is 32.0 Å². The molecule has 9 heteroatoms. The molecule has 31 heavy (non-hydrogen) atoms. The largest absolute Gasteiger partial charge is 0.507 e. The van der Waals surface area contributed by atoms with Crippen LogP contribution in [0.3, 0.4) is 0 Å². The topological polar surface area (TPSA) is 108 Å². The Hall–Kier alpha value is -3.33. The van der Waals surface area contributed by atoms with Crippen molar-refractivity contribution in [2.24, 2.45) is 0 Å². The Morgan fingerprint density at radius 2 is 1.87 bits per heavy atom. The number of carbonyl (C=O) groups excluding carboxylic acids is 2. The first-order chi connectivity index (χ1) is 14.7. The molecule has 2 aromatic rings. The predicted octanol–water partition coefficient (Wildman–Crippen LogP) is 2.03. The number of methoxy groups -OCH3 is 2. The van der Waals surface area contributed by atoms with Crippen molar-refractivity contribution in [3.8, 4) is 11.5 Å². The molecule has 0 spiro atoms. The molecule has 9 nitrogen and oxygen atoms in total. The van der Waals surface area contributed by atoms with Crippen LogP contribution in [-0.4, -0.2) is 78.2 Å². The Morgan fingerprint density at radius 3 is 2.42 bits per heavy atom. The number of ketones is 1. The number of carbonyl (C=O) groups is 2. The molecule has 0 aliphatic carbocycles. The average molecular weight is 428 g/mol. The van der Waals surface area contributed by atoms with Gasteiger partial charge in [0.2, 0.25) is 0 Å². The number of hydrogen-bond acceptors (Lipinski definition) is 7. The summed E-state index contributed by atoms with van der Waals surface area (Å²) in [6, 6.07) is 4.44. The molecule has 1 amide bonds. The molecule has 0 radical (unpaired) electrons. The standard InChI is InChI=1S/C22H28N4O5/c1-12-17(13(2)24-23-12)20(27)18-19(14-7-8-15(30-5)16(11-14)31-6)26(10-9-25(3)4)22(29)21(18)28/h7-8,11,19,27H,9-10H2,1-6H3,(H,23,24)/b20-18+/t19-/m1/s1. The lowest BCUT2D eigenvalue weighted by atomic mass is 9.94. The van der Waals surface area contributed by atoms with Crippen molar-refractivity contribution in [2.75, 3.05) is 41.4 Å². The van der Waals surface area contributed by atoms with Gasteiger partial charge in [0.05, 0.1) is 37.1 Å². The highest BCUT2D eigenvalue weighted by molar-refractivity contribution is 6.46. The lowest BCUT2D eigenvalue weighted by Crippen LogP contribution is -2.35. The Morgan fingerprint density at radius 1 is 1.19 bits per heavy atom. The summed E-state index contributed by atoms with van der Waals surface area (Å²) in [5, 5.41) is 18.1. The zero-order valence-electron chi connectivity index (χ0n) is 18.6. The van der Waals surface area contributed by atoms with Gasteiger partial charge in [-0.2, -0.15) is 5.10 Å². The van der Waals surface area contributed by atoms with Crippen LogP contribution in [0, 0.1) is 13.8 Å². The number of amides is 1. The van der Waals surface area contributed by atoms with Crippen LogP contribution in [0.25, 0.3) is 5.76 Å². The van der Waals surface area contributed by atoms with Crippen LogP contribution in [-0.2, 0) is 9.59 Å². The molecular formula is C22H28N4O5. The third kappa shape index (κ3) is 4.00. The second-order valence-corrected chi connectivity index (χ2v) is 7.72. The van der Waals surface area contributed by atoms with Crippen molar-refractivity contribution < 1.29 is 24.2 Å². The quantitative estimate of drug-likeness (QED) is 0.395. The van der Waals surface area contributed by atoms with Crippen molar-refractivity contribution in [2.45, 2.75) is 19.9 Å². The van der Waals surface area contributed by atoms with Crippen LogP contribution >= 0.6 is 0 Å². The van der Waals surface area contributed by atoms with Gasteiger partial charge in [-0.05, 0) is 45.6 Å². The van der Waals surface area contributed by atoms with Crippen LogP contribution in [0.2, 0.25) is 0 Å². The van der Waals surface area contributed by atoms with Gasteiger partial charge in [-0.25, -0.2) is 0 Å². The Labute approximate surface area is 181 Å². The molecule has 1 aromatic carbocycles. The summed E-state index contributed by atoms with van der Waals surface area (Å²) in [7, 11) is 6.83. The number of Topliss-reactive ketones (excluding diaryl/α,β-unsaturated/α-hetero) is 1. The molecule has 3 rings (SSSR count). The van der Waals surface area contributed by atoms with E-state index in [1.807, 2.05) is 19.0 Å². The maximum atomic E-state index is 13.1. The van der Waals surface area contributed by atoms with Gasteiger partial charge in [-0.15, -0.1) is 0 Å². The van der Waals surface area contributed by atoms with Gasteiger partial charge in [0.25, 0.3) is 11.7 Å². The Kier molecular flexibility index (Phi) is 6.35. The van der Waals surface area contributed by atoms with E-state index >= 15 is 0 Å². The minimum atomic E-state index is -0.770. The lowest BCUT2D eigenvalue weighted by molar-refractivity contribution is -0.140. The number of aliphatic hydroxyl groups is 1. The van der Waals surface area contributed by atoms with E-state index in [2.05, 4.69) is 10.2 Å². The first-order valence-corrected chi connectivity index (χ1v) is 9.88. The van der Waals surface area contributed by atoms with E-state index < -0.39 is 17.7 Å². The molecule has 1 atom stereocenters. The van der Waals surface area contributed by atoms with E-state index in [4.69, 9.17) is 9.47 Å². The number of H-pyrrole nitrogens is 1. The first-order valence-electron chi connectivity index (χ1n) is 9.88. The molecule has 1 saturated heterocycles. The zero-order chi connectivity index (χ0) is 22.9. The summed E-state index contributed by atoms with van der Waals surface area (Å²) < 4.78 is 10.7. The number of aromatic amines is 1. The van der Waals surface area contributed by atoms with Crippen LogP contribution in [0.4, 0.5) is 0 Å². The van der Waals surface area contributed by atoms with Crippen molar-refractivity contribution in [3.05, 3.63) is 46.3 Å². The van der Waals surface area contributed by atoms with Gasteiger partial charge < -0.3 is 24.4 Å². The highest BCUT2D eigenvalue weighted by Crippen LogP contribution is 2.42. The minimum Gasteiger partial charge on any atom is -0.507 e. The number of nitrogens with one attached hydrogen (secondary N) is 1. The van der Waals surface area contributed by atoms with Crippen molar-refractivity contribution in [1.82, 2.24) is 20.0 Å². The number of likely N-dealkylation sites (tertiary alicyclic amines) is 1. The normalized spacial score (nSPS) is 18.2. The summed E-state index contributed by atoms with van der Waals surface area (Å²) in [5.41, 5.74) is 2.25. The number of ether oxygens (including phenoxy) is 2. The zero-order valence-corrected chi connectivity index (χ0v) is 18.6. The summed E-state index contributed by atoms with van der Waals surface area (Å²) in [6.45, 7) is 4.35. The molecule has 166 valence electrons. The average Bonchev–Trinajstić information content (AvgIpc) is 3.21. The smallest absolute Gasteiger partial charge is 0.295 e. The fourth-order valence-electron chi connectivity index (χ4n) is 3.82. The summed E-state index contributed by atoms with van der Waals surface area (Å²) in [6.07, 6.45) is 0. The molecule has 1 aromatic heterocycles. The molecule has 1 aliphatic heterocycles. The highest BCUT2D eigenvalue weighted by atomic mass is 16.5. The van der Waals surface area contributed by atoms with Gasteiger partial charge >= 0.3 is 0 Å². The number of rotatable bonds is 7. The van der Waals surface area contributed by atoms with E-state index in [0.717, 1.165) is 0 Å². The van der Waals surface area contributed by atoms with Gasteiger partial charge in [-0.1, -0.05) is 6.07 Å². The van der Waals surface area contributed by atoms with E-state index in [-0.39, 0.29) is 11.3 Å². The number of aliphatic hydroxyl groups excluding tert-OH is 1. The number of benzene rings is 1. The maximum absolute atomic E-state index is 13.1. The summed E-state index contributed by atoms with van der Waals surface area (Å²) >= 11 is 0. The number of aryl methyl sites for hydroxylation is 2. The molecule has 2 heterocycles. The second-order valence-electron chi connectivity index (χ2n) is 7.72. The third-order valence-electron chi connectivity index (χ3n) is 5.42. The van der Waals surface area contributed by atoms with E-state index in [9.17, 15) is 14.7 Å². The van der Waals surface area contributed by atoms with Crippen LogP contribution in [0.5, 0.6) is 11.5 Å². The van der Waals surface area contributed by atoms with E-state index in [1.165, 1.54) is 19.1 Å². The molecule has 1 fully saturated rings. The number of nitrogens with zero attached hydrogens (tertiary/aromatic N) is 3. The third-order valence-corrected chi connectivity index (χ3v) is 5.42. The predicted molar refractivity (Wildman–Crippen MR) is 115 cm³/mol. The Balaban J connectivity index is 2.22. The maximum Gasteiger partial charge on any atom is 0.295 e. The fraction of sp³-hybridized carbons (Fsp3) is 0.409. The molecular weight excluding hydrogens is 400 g/mol. The molecule has 0 unspecified atom stereocenters. The van der Waals surface area contributed by atoms with Crippen molar-refractivity contribution in [1.29, 1.82) is 0 Å². The van der Waals surface area contributed by atoms with Crippen molar-refractivity contribution >= 4 is 17.4 Å². The van der Waals surface area contributed by atoms with E-state index in [0.29, 0.717) is 47.1 Å². The second kappa shape index (κ2) is 8.81. The molecule has 1 aliphatic rings. The van der Waals surface area contributed by atoms with Gasteiger partial charge in [0, 0.05) is 18.8 Å². The summed E-state index contributed by atoms with van der Waals surface area (Å²) in [5.74, 6) is -0.626. The molecule has 2 N–H and O–H groups in total. The van der Waals surface area contributed by atoms with Crippen molar-refractivity contribution in [3.63, 3.8) is 0 Å². The fourth-order valence-corrected chi connectivity index (χ4v) is 3.82. The van der Waals surface area contributed by atoms with Crippen LogP contribution < -0.4 is 9.47 Å². The SMILES string of the molecule is COc1ccc([C@@H]2/C(=C(\O)c3c(C)n[nH]c3C)C(=O)C(=O)N2CCN(C)C)cc1OC.